The number of hydrogen-bond acceptors (Lipinski definition) is 4. The minimum absolute atomic E-state index is 0.0576. The van der Waals surface area contributed by atoms with E-state index in [2.05, 4.69) is 5.32 Å². The van der Waals surface area contributed by atoms with Crippen LogP contribution in [0.4, 0.5) is 5.69 Å². The number of piperidine rings is 1. The van der Waals surface area contributed by atoms with Crippen molar-refractivity contribution in [2.24, 2.45) is 5.92 Å². The lowest BCUT2D eigenvalue weighted by molar-refractivity contribution is -0.119. The van der Waals surface area contributed by atoms with Gasteiger partial charge in [-0.05, 0) is 38.4 Å². The van der Waals surface area contributed by atoms with Crippen molar-refractivity contribution in [2.75, 3.05) is 31.6 Å². The number of ether oxygens (including phenoxy) is 1. The van der Waals surface area contributed by atoms with Gasteiger partial charge in [0, 0.05) is 12.5 Å². The van der Waals surface area contributed by atoms with Crippen LogP contribution in [0.25, 0.3) is 0 Å². The van der Waals surface area contributed by atoms with Gasteiger partial charge in [-0.2, -0.15) is 0 Å². The number of amides is 1. The molecule has 1 fully saturated rings. The van der Waals surface area contributed by atoms with Crippen molar-refractivity contribution in [3.05, 3.63) is 24.3 Å². The van der Waals surface area contributed by atoms with E-state index in [-0.39, 0.29) is 11.8 Å². The van der Waals surface area contributed by atoms with Gasteiger partial charge >= 0.3 is 0 Å². The summed E-state index contributed by atoms with van der Waals surface area (Å²) in [6, 6.07) is 7.40. The van der Waals surface area contributed by atoms with Crippen molar-refractivity contribution in [3.63, 3.8) is 0 Å². The SMILES string of the molecule is CCOc1ccccc1NC(=O)CN1CCCC(C=O)C1. The number of carbonyl (C=O) groups excluding carboxylic acids is 2. The van der Waals surface area contributed by atoms with E-state index in [1.807, 2.05) is 36.1 Å². The first kappa shape index (κ1) is 15.5. The van der Waals surface area contributed by atoms with Crippen LogP contribution in [0, 0.1) is 5.92 Å². The van der Waals surface area contributed by atoms with E-state index in [1.54, 1.807) is 0 Å². The van der Waals surface area contributed by atoms with Gasteiger partial charge in [-0.15, -0.1) is 0 Å². The molecule has 5 nitrogen and oxygen atoms in total. The zero-order valence-electron chi connectivity index (χ0n) is 12.4. The topological polar surface area (TPSA) is 58.6 Å². The second-order valence-corrected chi connectivity index (χ2v) is 5.25. The Morgan fingerprint density at radius 3 is 3.05 bits per heavy atom. The molecule has 0 bridgehead atoms. The zero-order chi connectivity index (χ0) is 15.1. The highest BCUT2D eigenvalue weighted by Gasteiger charge is 2.21. The van der Waals surface area contributed by atoms with Gasteiger partial charge in [0.05, 0.1) is 18.8 Å². The van der Waals surface area contributed by atoms with Crippen LogP contribution in [-0.4, -0.2) is 43.3 Å². The number of rotatable bonds is 6. The molecule has 0 aromatic heterocycles. The monoisotopic (exact) mass is 290 g/mol. The summed E-state index contributed by atoms with van der Waals surface area (Å²) in [6.45, 7) is 4.31. The van der Waals surface area contributed by atoms with Gasteiger partial charge in [0.25, 0.3) is 0 Å². The van der Waals surface area contributed by atoms with E-state index < -0.39 is 0 Å². The maximum Gasteiger partial charge on any atom is 0.238 e. The highest BCUT2D eigenvalue weighted by molar-refractivity contribution is 5.93. The summed E-state index contributed by atoms with van der Waals surface area (Å²) in [6.07, 6.45) is 2.88. The van der Waals surface area contributed by atoms with E-state index in [0.29, 0.717) is 31.1 Å². The molecule has 1 N–H and O–H groups in total. The fraction of sp³-hybridized carbons (Fsp3) is 0.500. The molecule has 0 spiro atoms. The third-order valence-electron chi connectivity index (χ3n) is 3.56. The van der Waals surface area contributed by atoms with E-state index in [4.69, 9.17) is 4.74 Å². The highest BCUT2D eigenvalue weighted by atomic mass is 16.5. The van der Waals surface area contributed by atoms with Crippen LogP contribution in [0.3, 0.4) is 0 Å². The predicted octanol–water partition coefficient (Wildman–Crippen LogP) is 1.93. The van der Waals surface area contributed by atoms with Gasteiger partial charge in [0.15, 0.2) is 0 Å². The molecule has 1 heterocycles. The van der Waals surface area contributed by atoms with Gasteiger partial charge in [-0.1, -0.05) is 12.1 Å². The lowest BCUT2D eigenvalue weighted by Gasteiger charge is -2.29. The Labute approximate surface area is 125 Å². The number of likely N-dealkylation sites (tertiary alicyclic amines) is 1. The molecule has 1 aliphatic rings. The molecule has 1 atom stereocenters. The molecule has 0 saturated carbocycles. The van der Waals surface area contributed by atoms with Crippen molar-refractivity contribution in [3.8, 4) is 5.75 Å². The van der Waals surface area contributed by atoms with Crippen LogP contribution in [0.15, 0.2) is 24.3 Å². The van der Waals surface area contributed by atoms with Crippen LogP contribution >= 0.6 is 0 Å². The molecular formula is C16H22N2O3. The molecule has 1 aromatic rings. The van der Waals surface area contributed by atoms with E-state index in [1.165, 1.54) is 0 Å². The number of hydrogen-bond donors (Lipinski definition) is 1. The smallest absolute Gasteiger partial charge is 0.238 e. The average Bonchev–Trinajstić information content (AvgIpc) is 2.49. The number of aldehydes is 1. The fourth-order valence-corrected chi connectivity index (χ4v) is 2.59. The molecule has 0 radical (unpaired) electrons. The number of benzene rings is 1. The highest BCUT2D eigenvalue weighted by Crippen LogP contribution is 2.23. The maximum atomic E-state index is 12.1. The van der Waals surface area contributed by atoms with Gasteiger partial charge in [0.1, 0.15) is 12.0 Å². The summed E-state index contributed by atoms with van der Waals surface area (Å²) in [5.41, 5.74) is 0.688. The summed E-state index contributed by atoms with van der Waals surface area (Å²) < 4.78 is 5.49. The lowest BCUT2D eigenvalue weighted by atomic mass is 10.00. The number of anilines is 1. The second kappa shape index (κ2) is 7.78. The first-order valence-electron chi connectivity index (χ1n) is 7.42. The summed E-state index contributed by atoms with van der Waals surface area (Å²) in [5, 5.41) is 2.88. The van der Waals surface area contributed by atoms with Crippen molar-refractivity contribution in [1.82, 2.24) is 4.90 Å². The van der Waals surface area contributed by atoms with Crippen molar-refractivity contribution in [2.45, 2.75) is 19.8 Å². The number of para-hydroxylation sites is 2. The van der Waals surface area contributed by atoms with Gasteiger partial charge in [-0.3, -0.25) is 9.69 Å². The van der Waals surface area contributed by atoms with Gasteiger partial charge in [-0.25, -0.2) is 0 Å². The molecule has 5 heteroatoms. The Balaban J connectivity index is 1.91. The quantitative estimate of drug-likeness (QED) is 0.813. The van der Waals surface area contributed by atoms with Crippen LogP contribution in [-0.2, 0) is 9.59 Å². The van der Waals surface area contributed by atoms with Crippen LogP contribution in [0.2, 0.25) is 0 Å². The molecule has 1 unspecified atom stereocenters. The number of carbonyl (C=O) groups is 2. The van der Waals surface area contributed by atoms with Crippen molar-refractivity contribution in [1.29, 1.82) is 0 Å². The third-order valence-corrected chi connectivity index (χ3v) is 3.56. The van der Waals surface area contributed by atoms with E-state index >= 15 is 0 Å². The Bertz CT molecular complexity index is 490. The van der Waals surface area contributed by atoms with Crippen molar-refractivity contribution < 1.29 is 14.3 Å². The van der Waals surface area contributed by atoms with Gasteiger partial charge < -0.3 is 14.8 Å². The Kier molecular flexibility index (Phi) is 5.75. The molecule has 0 aliphatic carbocycles. The predicted molar refractivity (Wildman–Crippen MR) is 81.5 cm³/mol. The van der Waals surface area contributed by atoms with Crippen LogP contribution < -0.4 is 10.1 Å². The Morgan fingerprint density at radius 2 is 2.29 bits per heavy atom. The Morgan fingerprint density at radius 1 is 1.48 bits per heavy atom. The molecule has 1 aromatic carbocycles. The first-order valence-corrected chi connectivity index (χ1v) is 7.42. The first-order chi connectivity index (χ1) is 10.2. The normalized spacial score (nSPS) is 19.0. The molecule has 1 amide bonds. The minimum atomic E-state index is -0.0753. The summed E-state index contributed by atoms with van der Waals surface area (Å²) in [4.78, 5) is 25.0. The largest absolute Gasteiger partial charge is 0.492 e. The Hall–Kier alpha value is -1.88. The molecule has 21 heavy (non-hydrogen) atoms. The maximum absolute atomic E-state index is 12.1. The second-order valence-electron chi connectivity index (χ2n) is 5.25. The van der Waals surface area contributed by atoms with Crippen LogP contribution in [0.1, 0.15) is 19.8 Å². The molecule has 2 rings (SSSR count). The minimum Gasteiger partial charge on any atom is -0.492 e. The average molecular weight is 290 g/mol. The molecule has 1 aliphatic heterocycles. The van der Waals surface area contributed by atoms with Gasteiger partial charge in [0.2, 0.25) is 5.91 Å². The summed E-state index contributed by atoms with van der Waals surface area (Å²) in [7, 11) is 0. The molecule has 1 saturated heterocycles. The third kappa shape index (κ3) is 4.56. The van der Waals surface area contributed by atoms with Crippen molar-refractivity contribution >= 4 is 17.9 Å². The summed E-state index contributed by atoms with van der Waals surface area (Å²) in [5.74, 6) is 0.661. The molecule has 114 valence electrons. The number of nitrogens with zero attached hydrogens (tertiary/aromatic N) is 1. The fourth-order valence-electron chi connectivity index (χ4n) is 2.59. The lowest BCUT2D eigenvalue weighted by Crippen LogP contribution is -2.40. The van der Waals surface area contributed by atoms with E-state index in [0.717, 1.165) is 25.7 Å². The summed E-state index contributed by atoms with van der Waals surface area (Å²) >= 11 is 0. The zero-order valence-corrected chi connectivity index (χ0v) is 12.4. The van der Waals surface area contributed by atoms with E-state index in [9.17, 15) is 9.59 Å². The van der Waals surface area contributed by atoms with Crippen LogP contribution in [0.5, 0.6) is 5.75 Å². The molecular weight excluding hydrogens is 268 g/mol. The standard InChI is InChI=1S/C16H22N2O3/c1-2-21-15-8-4-3-7-14(15)17-16(20)11-18-9-5-6-13(10-18)12-19/h3-4,7-8,12-13H,2,5-6,9-11H2,1H3,(H,17,20). The number of nitrogens with one attached hydrogen (secondary N) is 1.